The third kappa shape index (κ3) is 7.12. The van der Waals surface area contributed by atoms with Gasteiger partial charge in [0.25, 0.3) is 5.91 Å². The molecule has 31 heavy (non-hydrogen) atoms. The number of rotatable bonds is 10. The average Bonchev–Trinajstić information content (AvgIpc) is 3.23. The molecule has 0 unspecified atom stereocenters. The molecular weight excluding hydrogens is 435 g/mol. The second-order valence-corrected chi connectivity index (χ2v) is 7.80. The molecule has 8 heteroatoms. The monoisotopic (exact) mass is 458 g/mol. The van der Waals surface area contributed by atoms with Crippen molar-refractivity contribution in [2.75, 3.05) is 6.61 Å². The molecule has 0 aliphatic carbocycles. The molecule has 0 saturated heterocycles. The Balaban J connectivity index is 1.50. The number of carbonyl (C=O) groups is 1. The van der Waals surface area contributed by atoms with Gasteiger partial charge >= 0.3 is 0 Å². The van der Waals surface area contributed by atoms with Gasteiger partial charge in [-0.25, -0.2) is 5.43 Å². The number of amides is 1. The van der Waals surface area contributed by atoms with Crippen LogP contribution in [0.1, 0.15) is 47.8 Å². The van der Waals surface area contributed by atoms with Crippen molar-refractivity contribution < 1.29 is 9.53 Å². The molecule has 0 spiro atoms. The summed E-state index contributed by atoms with van der Waals surface area (Å²) in [6.45, 7) is 3.31. The van der Waals surface area contributed by atoms with Crippen molar-refractivity contribution in [1.82, 2.24) is 15.2 Å². The minimum atomic E-state index is -0.395. The van der Waals surface area contributed by atoms with E-state index < -0.39 is 5.91 Å². The van der Waals surface area contributed by atoms with E-state index >= 15 is 0 Å². The maximum Gasteiger partial charge on any atom is 0.291 e. The van der Waals surface area contributed by atoms with Crippen LogP contribution in [-0.2, 0) is 6.54 Å². The van der Waals surface area contributed by atoms with Gasteiger partial charge in [-0.3, -0.25) is 9.48 Å². The molecule has 162 valence electrons. The predicted octanol–water partition coefficient (Wildman–Crippen LogP) is 5.57. The van der Waals surface area contributed by atoms with E-state index in [1.54, 1.807) is 35.3 Å². The molecule has 6 nitrogen and oxygen atoms in total. The van der Waals surface area contributed by atoms with Crippen molar-refractivity contribution in [2.45, 2.75) is 32.7 Å². The molecule has 3 rings (SSSR count). The van der Waals surface area contributed by atoms with Gasteiger partial charge in [0.15, 0.2) is 5.69 Å². The van der Waals surface area contributed by atoms with Crippen LogP contribution in [-0.4, -0.2) is 28.5 Å². The highest BCUT2D eigenvalue weighted by atomic mass is 35.5. The van der Waals surface area contributed by atoms with E-state index in [4.69, 9.17) is 27.9 Å². The number of ether oxygens (including phenoxy) is 1. The van der Waals surface area contributed by atoms with Crippen molar-refractivity contribution in [2.24, 2.45) is 5.10 Å². The van der Waals surface area contributed by atoms with Gasteiger partial charge in [0.05, 0.1) is 19.4 Å². The number of carbonyl (C=O) groups excluding carboxylic acids is 1. The van der Waals surface area contributed by atoms with Gasteiger partial charge < -0.3 is 4.74 Å². The molecule has 1 aromatic heterocycles. The van der Waals surface area contributed by atoms with Crippen LogP contribution in [0.4, 0.5) is 0 Å². The van der Waals surface area contributed by atoms with Gasteiger partial charge in [-0.05, 0) is 60.0 Å². The first-order chi connectivity index (χ1) is 15.0. The largest absolute Gasteiger partial charge is 0.494 e. The predicted molar refractivity (Wildman–Crippen MR) is 124 cm³/mol. The summed E-state index contributed by atoms with van der Waals surface area (Å²) in [4.78, 5) is 12.3. The Labute approximate surface area is 191 Å². The number of aromatic nitrogens is 2. The molecule has 0 aliphatic heterocycles. The van der Waals surface area contributed by atoms with E-state index in [2.05, 4.69) is 22.5 Å². The first kappa shape index (κ1) is 22.8. The van der Waals surface area contributed by atoms with Crippen molar-refractivity contribution in [1.29, 1.82) is 0 Å². The highest BCUT2D eigenvalue weighted by Crippen LogP contribution is 2.21. The van der Waals surface area contributed by atoms with Crippen molar-refractivity contribution in [3.8, 4) is 5.75 Å². The van der Waals surface area contributed by atoms with E-state index in [-0.39, 0.29) is 5.69 Å². The molecule has 0 fully saturated rings. The van der Waals surface area contributed by atoms with Crippen LogP contribution < -0.4 is 10.2 Å². The Hall–Kier alpha value is -2.83. The van der Waals surface area contributed by atoms with E-state index in [9.17, 15) is 4.79 Å². The maximum absolute atomic E-state index is 12.3. The molecule has 1 amide bonds. The Bertz CT molecular complexity index is 1030. The zero-order chi connectivity index (χ0) is 22.1. The number of halogens is 2. The quantitative estimate of drug-likeness (QED) is 0.245. The molecule has 0 atom stereocenters. The smallest absolute Gasteiger partial charge is 0.291 e. The zero-order valence-electron chi connectivity index (χ0n) is 17.2. The van der Waals surface area contributed by atoms with Crippen LogP contribution in [0.5, 0.6) is 5.75 Å². The van der Waals surface area contributed by atoms with Crippen LogP contribution >= 0.6 is 23.2 Å². The minimum Gasteiger partial charge on any atom is -0.494 e. The number of unbranched alkanes of at least 4 members (excludes halogenated alkanes) is 2. The molecule has 0 radical (unpaired) electrons. The molecule has 0 saturated carbocycles. The van der Waals surface area contributed by atoms with Crippen LogP contribution in [0.3, 0.4) is 0 Å². The molecule has 0 aliphatic rings. The van der Waals surface area contributed by atoms with Crippen LogP contribution in [0.15, 0.2) is 59.8 Å². The summed E-state index contributed by atoms with van der Waals surface area (Å²) in [5.41, 5.74) is 4.46. The van der Waals surface area contributed by atoms with Gasteiger partial charge in [0, 0.05) is 16.2 Å². The van der Waals surface area contributed by atoms with Crippen molar-refractivity contribution in [3.63, 3.8) is 0 Å². The fourth-order valence-electron chi connectivity index (χ4n) is 2.81. The van der Waals surface area contributed by atoms with E-state index in [0.29, 0.717) is 23.2 Å². The summed E-state index contributed by atoms with van der Waals surface area (Å²) < 4.78 is 7.31. The topological polar surface area (TPSA) is 68.5 Å². The van der Waals surface area contributed by atoms with Crippen LogP contribution in [0.25, 0.3) is 0 Å². The highest BCUT2D eigenvalue weighted by Gasteiger charge is 2.10. The van der Waals surface area contributed by atoms with E-state index in [1.807, 2.05) is 30.3 Å². The lowest BCUT2D eigenvalue weighted by Gasteiger charge is -2.05. The summed E-state index contributed by atoms with van der Waals surface area (Å²) in [7, 11) is 0. The Morgan fingerprint density at radius 3 is 2.71 bits per heavy atom. The van der Waals surface area contributed by atoms with Gasteiger partial charge in [-0.2, -0.15) is 10.2 Å². The third-order valence-electron chi connectivity index (χ3n) is 4.50. The maximum atomic E-state index is 12.3. The van der Waals surface area contributed by atoms with Crippen molar-refractivity contribution in [3.05, 3.63) is 81.6 Å². The number of nitrogens with one attached hydrogen (secondary N) is 1. The number of hydrogen-bond acceptors (Lipinski definition) is 4. The fourth-order valence-corrected chi connectivity index (χ4v) is 3.28. The summed E-state index contributed by atoms with van der Waals surface area (Å²) in [5.74, 6) is 0.427. The first-order valence-corrected chi connectivity index (χ1v) is 10.8. The van der Waals surface area contributed by atoms with E-state index in [1.165, 1.54) is 6.42 Å². The van der Waals surface area contributed by atoms with Gasteiger partial charge in [-0.15, -0.1) is 0 Å². The fraction of sp³-hybridized carbons (Fsp3) is 0.261. The summed E-state index contributed by atoms with van der Waals surface area (Å²) in [6, 6.07) is 14.4. The number of hydrazone groups is 1. The van der Waals surface area contributed by atoms with E-state index in [0.717, 1.165) is 29.7 Å². The summed E-state index contributed by atoms with van der Waals surface area (Å²) in [6.07, 6.45) is 6.67. The van der Waals surface area contributed by atoms with Gasteiger partial charge in [0.2, 0.25) is 0 Å². The molecule has 1 N–H and O–H groups in total. The molecular formula is C23H24Cl2N4O2. The average molecular weight is 459 g/mol. The lowest BCUT2D eigenvalue weighted by molar-refractivity contribution is 0.0949. The number of hydrogen-bond donors (Lipinski definition) is 1. The second kappa shape index (κ2) is 11.5. The van der Waals surface area contributed by atoms with Crippen LogP contribution in [0.2, 0.25) is 10.0 Å². The second-order valence-electron chi connectivity index (χ2n) is 6.96. The first-order valence-electron chi connectivity index (χ1n) is 10.1. The Morgan fingerprint density at radius 1 is 1.16 bits per heavy atom. The number of nitrogens with zero attached hydrogens (tertiary/aromatic N) is 3. The lowest BCUT2D eigenvalue weighted by Crippen LogP contribution is -2.18. The molecule has 1 heterocycles. The normalized spacial score (nSPS) is 11.1. The zero-order valence-corrected chi connectivity index (χ0v) is 18.7. The molecule has 3 aromatic rings. The summed E-state index contributed by atoms with van der Waals surface area (Å²) >= 11 is 12.1. The Morgan fingerprint density at radius 2 is 1.97 bits per heavy atom. The standard InChI is InChI=1S/C23H24Cl2N4O2/c1-2-3-4-13-31-20-9-5-17(6-10-20)15-26-27-23(30)22-11-12-29(28-22)16-18-7-8-19(24)14-21(18)25/h5-12,14-15H,2-4,13,16H2,1H3,(H,27,30)/b26-15-. The molecule has 0 bridgehead atoms. The van der Waals surface area contributed by atoms with Crippen molar-refractivity contribution >= 4 is 35.3 Å². The minimum absolute atomic E-state index is 0.262. The lowest BCUT2D eigenvalue weighted by atomic mass is 10.2. The number of benzene rings is 2. The van der Waals surface area contributed by atoms with Crippen LogP contribution in [0, 0.1) is 0 Å². The highest BCUT2D eigenvalue weighted by molar-refractivity contribution is 6.35. The third-order valence-corrected chi connectivity index (χ3v) is 5.08. The Kier molecular flexibility index (Phi) is 8.50. The SMILES string of the molecule is CCCCCOc1ccc(/C=N\NC(=O)c2ccn(Cc3ccc(Cl)cc3Cl)n2)cc1. The van der Waals surface area contributed by atoms with Gasteiger partial charge in [0.1, 0.15) is 5.75 Å². The van der Waals surface area contributed by atoms with Gasteiger partial charge in [-0.1, -0.05) is 49.0 Å². The summed E-state index contributed by atoms with van der Waals surface area (Å²) in [5, 5.41) is 9.39. The molecule has 2 aromatic carbocycles.